The standard InChI is InChI=1S/C17H24N4O/c1-6-16-13(4)20-21(14(16)5)10-17(22)19-12(3)15-8-7-11(2)18-9-15/h7-9,12H,6,10H2,1-5H3,(H,19,22). The average molecular weight is 300 g/mol. The van der Waals surface area contributed by atoms with Crippen LogP contribution in [0.2, 0.25) is 0 Å². The molecular weight excluding hydrogens is 276 g/mol. The minimum Gasteiger partial charge on any atom is -0.348 e. The third-order valence-electron chi connectivity index (χ3n) is 3.99. The molecule has 1 atom stereocenters. The maximum atomic E-state index is 12.2. The number of carbonyl (C=O) groups excluding carboxylic acids is 1. The first-order chi connectivity index (χ1) is 10.4. The van der Waals surface area contributed by atoms with Gasteiger partial charge in [-0.1, -0.05) is 13.0 Å². The summed E-state index contributed by atoms with van der Waals surface area (Å²) in [6.45, 7) is 10.3. The Bertz CT molecular complexity index is 658. The highest BCUT2D eigenvalue weighted by molar-refractivity contribution is 5.76. The smallest absolute Gasteiger partial charge is 0.242 e. The Morgan fingerprint density at radius 3 is 2.59 bits per heavy atom. The minimum absolute atomic E-state index is 0.0404. The molecule has 1 unspecified atom stereocenters. The monoisotopic (exact) mass is 300 g/mol. The highest BCUT2D eigenvalue weighted by Crippen LogP contribution is 2.14. The highest BCUT2D eigenvalue weighted by Gasteiger charge is 2.14. The number of carbonyl (C=O) groups is 1. The van der Waals surface area contributed by atoms with E-state index in [1.165, 1.54) is 5.56 Å². The molecule has 0 bridgehead atoms. The fraction of sp³-hybridized carbons (Fsp3) is 0.471. The van der Waals surface area contributed by atoms with Crippen molar-refractivity contribution in [2.24, 2.45) is 0 Å². The third-order valence-corrected chi connectivity index (χ3v) is 3.99. The SMILES string of the molecule is CCc1c(C)nn(CC(=O)NC(C)c2ccc(C)nc2)c1C. The van der Waals surface area contributed by atoms with Crippen LogP contribution in [-0.2, 0) is 17.8 Å². The van der Waals surface area contributed by atoms with Crippen LogP contribution in [0.25, 0.3) is 0 Å². The number of hydrogen-bond acceptors (Lipinski definition) is 3. The van der Waals surface area contributed by atoms with Crippen LogP contribution in [0.15, 0.2) is 18.3 Å². The molecule has 0 radical (unpaired) electrons. The van der Waals surface area contributed by atoms with E-state index < -0.39 is 0 Å². The molecule has 5 nitrogen and oxygen atoms in total. The quantitative estimate of drug-likeness (QED) is 0.923. The van der Waals surface area contributed by atoms with Crippen LogP contribution < -0.4 is 5.32 Å². The molecule has 1 amide bonds. The molecule has 0 aliphatic rings. The minimum atomic E-state index is -0.0665. The highest BCUT2D eigenvalue weighted by atomic mass is 16.2. The van der Waals surface area contributed by atoms with Gasteiger partial charge in [0.1, 0.15) is 6.54 Å². The van der Waals surface area contributed by atoms with Gasteiger partial charge in [0.2, 0.25) is 5.91 Å². The van der Waals surface area contributed by atoms with Gasteiger partial charge in [-0.3, -0.25) is 14.5 Å². The van der Waals surface area contributed by atoms with Crippen molar-refractivity contribution in [1.29, 1.82) is 0 Å². The summed E-state index contributed by atoms with van der Waals surface area (Å²) >= 11 is 0. The van der Waals surface area contributed by atoms with Gasteiger partial charge in [-0.25, -0.2) is 0 Å². The van der Waals surface area contributed by atoms with Crippen molar-refractivity contribution in [3.05, 3.63) is 46.5 Å². The number of nitrogens with one attached hydrogen (secondary N) is 1. The van der Waals surface area contributed by atoms with Gasteiger partial charge >= 0.3 is 0 Å². The van der Waals surface area contributed by atoms with E-state index in [1.54, 1.807) is 10.9 Å². The van der Waals surface area contributed by atoms with Crippen molar-refractivity contribution >= 4 is 5.91 Å². The lowest BCUT2D eigenvalue weighted by Crippen LogP contribution is -2.30. The van der Waals surface area contributed by atoms with Gasteiger partial charge in [0.05, 0.1) is 11.7 Å². The number of aromatic nitrogens is 3. The number of nitrogens with zero attached hydrogens (tertiary/aromatic N) is 3. The van der Waals surface area contributed by atoms with E-state index in [-0.39, 0.29) is 18.5 Å². The van der Waals surface area contributed by atoms with Crippen LogP contribution >= 0.6 is 0 Å². The molecule has 0 fully saturated rings. The maximum Gasteiger partial charge on any atom is 0.242 e. The van der Waals surface area contributed by atoms with Crippen LogP contribution in [0, 0.1) is 20.8 Å². The molecule has 0 spiro atoms. The van der Waals surface area contributed by atoms with Gasteiger partial charge in [0, 0.05) is 17.6 Å². The number of aryl methyl sites for hydroxylation is 2. The molecule has 5 heteroatoms. The van der Waals surface area contributed by atoms with Gasteiger partial charge in [-0.05, 0) is 51.3 Å². The van der Waals surface area contributed by atoms with Gasteiger partial charge in [-0.15, -0.1) is 0 Å². The van der Waals surface area contributed by atoms with E-state index in [1.807, 2.05) is 39.8 Å². The Labute approximate surface area is 131 Å². The fourth-order valence-corrected chi connectivity index (χ4v) is 2.64. The van der Waals surface area contributed by atoms with E-state index in [4.69, 9.17) is 0 Å². The summed E-state index contributed by atoms with van der Waals surface area (Å²) in [7, 11) is 0. The molecule has 2 rings (SSSR count). The first kappa shape index (κ1) is 16.2. The molecular formula is C17H24N4O. The molecule has 0 aromatic carbocycles. The Hall–Kier alpha value is -2.17. The first-order valence-corrected chi connectivity index (χ1v) is 7.67. The maximum absolute atomic E-state index is 12.2. The Morgan fingerprint density at radius 1 is 1.32 bits per heavy atom. The van der Waals surface area contributed by atoms with E-state index in [9.17, 15) is 4.79 Å². The molecule has 118 valence electrons. The zero-order valence-electron chi connectivity index (χ0n) is 14.0. The van der Waals surface area contributed by atoms with Crippen molar-refractivity contribution in [2.75, 3.05) is 0 Å². The molecule has 2 aromatic heterocycles. The first-order valence-electron chi connectivity index (χ1n) is 7.67. The van der Waals surface area contributed by atoms with E-state index in [0.717, 1.165) is 29.1 Å². The lowest BCUT2D eigenvalue weighted by atomic mass is 10.1. The summed E-state index contributed by atoms with van der Waals surface area (Å²) in [5.74, 6) is -0.0404. The zero-order valence-corrected chi connectivity index (χ0v) is 14.0. The lowest BCUT2D eigenvalue weighted by Gasteiger charge is -2.14. The number of hydrogen-bond donors (Lipinski definition) is 1. The largest absolute Gasteiger partial charge is 0.348 e. The van der Waals surface area contributed by atoms with Crippen LogP contribution in [0.1, 0.15) is 48.1 Å². The second kappa shape index (κ2) is 6.73. The second-order valence-electron chi connectivity index (χ2n) is 5.68. The van der Waals surface area contributed by atoms with Crippen molar-refractivity contribution < 1.29 is 4.79 Å². The molecule has 0 aliphatic carbocycles. The average Bonchev–Trinajstić information content (AvgIpc) is 2.73. The molecule has 22 heavy (non-hydrogen) atoms. The summed E-state index contributed by atoms with van der Waals surface area (Å²) < 4.78 is 1.78. The van der Waals surface area contributed by atoms with Gasteiger partial charge in [-0.2, -0.15) is 5.10 Å². The van der Waals surface area contributed by atoms with Crippen molar-refractivity contribution in [1.82, 2.24) is 20.1 Å². The molecule has 1 N–H and O–H groups in total. The summed E-state index contributed by atoms with van der Waals surface area (Å²) in [5.41, 5.74) is 5.27. The van der Waals surface area contributed by atoms with Crippen LogP contribution in [-0.4, -0.2) is 20.7 Å². The Balaban J connectivity index is 2.02. The van der Waals surface area contributed by atoms with Crippen molar-refractivity contribution in [3.8, 4) is 0 Å². The van der Waals surface area contributed by atoms with Gasteiger partial charge in [0.15, 0.2) is 0 Å². The van der Waals surface area contributed by atoms with Gasteiger partial charge in [0.25, 0.3) is 0 Å². The summed E-state index contributed by atoms with van der Waals surface area (Å²) in [6, 6.07) is 3.88. The molecule has 0 saturated heterocycles. The molecule has 0 aliphatic heterocycles. The lowest BCUT2D eigenvalue weighted by molar-refractivity contribution is -0.122. The predicted octanol–water partition coefficient (Wildman–Crippen LogP) is 2.64. The van der Waals surface area contributed by atoms with Crippen LogP contribution in [0.5, 0.6) is 0 Å². The zero-order chi connectivity index (χ0) is 16.3. The Kier molecular flexibility index (Phi) is 4.96. The molecule has 2 aromatic rings. The van der Waals surface area contributed by atoms with Crippen molar-refractivity contribution in [2.45, 2.75) is 53.6 Å². The number of amides is 1. The predicted molar refractivity (Wildman–Crippen MR) is 86.6 cm³/mol. The topological polar surface area (TPSA) is 59.8 Å². The van der Waals surface area contributed by atoms with Crippen LogP contribution in [0.3, 0.4) is 0 Å². The number of pyridine rings is 1. The molecule has 2 heterocycles. The second-order valence-corrected chi connectivity index (χ2v) is 5.68. The van der Waals surface area contributed by atoms with Crippen LogP contribution in [0.4, 0.5) is 0 Å². The summed E-state index contributed by atoms with van der Waals surface area (Å²) in [6.07, 6.45) is 2.74. The fourth-order valence-electron chi connectivity index (χ4n) is 2.64. The Morgan fingerprint density at radius 2 is 2.05 bits per heavy atom. The summed E-state index contributed by atoms with van der Waals surface area (Å²) in [4.78, 5) is 16.5. The van der Waals surface area contributed by atoms with Crippen molar-refractivity contribution in [3.63, 3.8) is 0 Å². The van der Waals surface area contributed by atoms with E-state index in [0.29, 0.717) is 0 Å². The summed E-state index contributed by atoms with van der Waals surface area (Å²) in [5, 5.41) is 7.45. The van der Waals surface area contributed by atoms with E-state index in [2.05, 4.69) is 22.3 Å². The molecule has 0 saturated carbocycles. The van der Waals surface area contributed by atoms with Gasteiger partial charge < -0.3 is 5.32 Å². The van der Waals surface area contributed by atoms with E-state index >= 15 is 0 Å². The number of rotatable bonds is 5. The third kappa shape index (κ3) is 3.53. The normalized spacial score (nSPS) is 12.2.